The lowest BCUT2D eigenvalue weighted by Crippen LogP contribution is -2.41. The predicted molar refractivity (Wildman–Crippen MR) is 94.7 cm³/mol. The van der Waals surface area contributed by atoms with Crippen molar-refractivity contribution in [2.45, 2.75) is 19.1 Å². The molecule has 25 heavy (non-hydrogen) atoms. The number of carbonyl (C=O) groups is 2. The van der Waals surface area contributed by atoms with Gasteiger partial charge in [-0.15, -0.1) is 0 Å². The average Bonchev–Trinajstić information content (AvgIpc) is 2.61. The molecule has 6 nitrogen and oxygen atoms in total. The minimum absolute atomic E-state index is 0.0375. The third-order valence-corrected chi connectivity index (χ3v) is 4.02. The molecule has 3 rings (SSSR count). The predicted octanol–water partition coefficient (Wildman–Crippen LogP) is 3.16. The Labute approximate surface area is 153 Å². The highest BCUT2D eigenvalue weighted by Gasteiger charge is 2.31. The van der Waals surface area contributed by atoms with Crippen molar-refractivity contribution < 1.29 is 23.8 Å². The molecule has 0 bridgehead atoms. The third-order valence-electron chi connectivity index (χ3n) is 3.53. The van der Waals surface area contributed by atoms with E-state index in [0.29, 0.717) is 17.2 Å². The van der Waals surface area contributed by atoms with Crippen LogP contribution in [0.15, 0.2) is 53.0 Å². The number of esters is 1. The summed E-state index contributed by atoms with van der Waals surface area (Å²) in [6, 6.07) is 14.2. The number of nitrogens with one attached hydrogen (secondary N) is 1. The van der Waals surface area contributed by atoms with Crippen molar-refractivity contribution in [1.82, 2.24) is 0 Å². The number of halogens is 1. The maximum atomic E-state index is 12.2. The molecule has 7 heteroatoms. The largest absolute Gasteiger partial charge is 0.485 e. The Balaban J connectivity index is 1.56. The van der Waals surface area contributed by atoms with Gasteiger partial charge in [0.1, 0.15) is 6.61 Å². The van der Waals surface area contributed by atoms with Crippen LogP contribution < -0.4 is 14.8 Å². The molecule has 2 aromatic carbocycles. The van der Waals surface area contributed by atoms with Crippen LogP contribution in [0.3, 0.4) is 0 Å². The summed E-state index contributed by atoms with van der Waals surface area (Å²) in [5.74, 6) is -0.0242. The average molecular weight is 406 g/mol. The molecular formula is C18H16BrNO5. The summed E-state index contributed by atoms with van der Waals surface area (Å²) in [7, 11) is 0. The van der Waals surface area contributed by atoms with Crippen molar-refractivity contribution >= 4 is 33.5 Å². The highest BCUT2D eigenvalue weighted by molar-refractivity contribution is 9.10. The molecular weight excluding hydrogens is 390 g/mol. The van der Waals surface area contributed by atoms with E-state index in [0.717, 1.165) is 4.47 Å². The Bertz CT molecular complexity index is 795. The third kappa shape index (κ3) is 4.30. The highest BCUT2D eigenvalue weighted by Crippen LogP contribution is 2.31. The van der Waals surface area contributed by atoms with E-state index < -0.39 is 24.1 Å². The van der Waals surface area contributed by atoms with E-state index in [4.69, 9.17) is 14.2 Å². The molecule has 0 aliphatic carbocycles. The van der Waals surface area contributed by atoms with Crippen molar-refractivity contribution in [2.24, 2.45) is 0 Å². The van der Waals surface area contributed by atoms with Gasteiger partial charge in [0.25, 0.3) is 5.91 Å². The topological polar surface area (TPSA) is 73.9 Å². The molecule has 2 atom stereocenters. The van der Waals surface area contributed by atoms with Crippen LogP contribution in [0, 0.1) is 0 Å². The van der Waals surface area contributed by atoms with Gasteiger partial charge in [0.2, 0.25) is 6.10 Å². The molecule has 0 unspecified atom stereocenters. The van der Waals surface area contributed by atoms with Gasteiger partial charge in [-0.1, -0.05) is 34.1 Å². The van der Waals surface area contributed by atoms with Gasteiger partial charge in [0.05, 0.1) is 0 Å². The smallest absolute Gasteiger partial charge is 0.351 e. The van der Waals surface area contributed by atoms with Crippen LogP contribution in [0.25, 0.3) is 0 Å². The first kappa shape index (κ1) is 17.3. The molecule has 1 amide bonds. The van der Waals surface area contributed by atoms with E-state index in [1.165, 1.54) is 6.92 Å². The Morgan fingerprint density at radius 1 is 1.20 bits per heavy atom. The van der Waals surface area contributed by atoms with E-state index in [-0.39, 0.29) is 6.61 Å². The van der Waals surface area contributed by atoms with Gasteiger partial charge in [-0.3, -0.25) is 4.79 Å². The molecule has 130 valence electrons. The Morgan fingerprint density at radius 2 is 1.96 bits per heavy atom. The summed E-state index contributed by atoms with van der Waals surface area (Å²) >= 11 is 3.33. The maximum Gasteiger partial charge on any atom is 0.351 e. The monoisotopic (exact) mass is 405 g/mol. The Hall–Kier alpha value is -2.54. The second-order valence-corrected chi connectivity index (χ2v) is 6.36. The second-order valence-electron chi connectivity index (χ2n) is 5.44. The maximum absolute atomic E-state index is 12.2. The quantitative estimate of drug-likeness (QED) is 0.790. The molecule has 0 fully saturated rings. The van der Waals surface area contributed by atoms with E-state index in [2.05, 4.69) is 21.2 Å². The highest BCUT2D eigenvalue weighted by atomic mass is 79.9. The number of benzene rings is 2. The molecule has 0 saturated heterocycles. The van der Waals surface area contributed by atoms with Crippen molar-refractivity contribution in [3.05, 3.63) is 53.0 Å². The molecule has 1 aliphatic heterocycles. The molecule has 1 heterocycles. The number of fused-ring (bicyclic) bond motifs is 1. The summed E-state index contributed by atoms with van der Waals surface area (Å²) in [5, 5.41) is 2.69. The van der Waals surface area contributed by atoms with Crippen molar-refractivity contribution in [2.75, 3.05) is 11.9 Å². The van der Waals surface area contributed by atoms with Gasteiger partial charge < -0.3 is 19.5 Å². The van der Waals surface area contributed by atoms with Crippen LogP contribution in [-0.4, -0.2) is 30.7 Å². The first-order valence-electron chi connectivity index (χ1n) is 7.68. The number of hydrogen-bond acceptors (Lipinski definition) is 5. The van der Waals surface area contributed by atoms with Gasteiger partial charge in [-0.2, -0.15) is 0 Å². The Morgan fingerprint density at radius 3 is 2.72 bits per heavy atom. The lowest BCUT2D eigenvalue weighted by atomic mass is 10.2. The lowest BCUT2D eigenvalue weighted by molar-refractivity contribution is -0.162. The van der Waals surface area contributed by atoms with Crippen LogP contribution in [0.1, 0.15) is 6.92 Å². The van der Waals surface area contributed by atoms with Crippen molar-refractivity contribution in [3.63, 3.8) is 0 Å². The summed E-state index contributed by atoms with van der Waals surface area (Å²) in [6.07, 6.45) is -1.87. The first-order chi connectivity index (χ1) is 12.0. The van der Waals surface area contributed by atoms with Crippen LogP contribution in [-0.2, 0) is 14.3 Å². The van der Waals surface area contributed by atoms with Crippen LogP contribution in [0.2, 0.25) is 0 Å². The molecule has 0 aromatic heterocycles. The van der Waals surface area contributed by atoms with E-state index in [9.17, 15) is 9.59 Å². The number of carbonyl (C=O) groups excluding carboxylic acids is 2. The molecule has 0 spiro atoms. The molecule has 1 N–H and O–H groups in total. The number of amides is 1. The number of para-hydroxylation sites is 2. The van der Waals surface area contributed by atoms with E-state index in [1.807, 2.05) is 12.1 Å². The van der Waals surface area contributed by atoms with Crippen LogP contribution >= 0.6 is 15.9 Å². The SMILES string of the molecule is C[C@@H](OC(=O)[C@H]1COc2ccccc2O1)C(=O)Nc1cccc(Br)c1. The minimum Gasteiger partial charge on any atom is -0.485 e. The van der Waals surface area contributed by atoms with E-state index in [1.54, 1.807) is 36.4 Å². The fraction of sp³-hybridized carbons (Fsp3) is 0.222. The van der Waals surface area contributed by atoms with Gasteiger partial charge in [-0.05, 0) is 37.3 Å². The normalized spacial score (nSPS) is 16.6. The van der Waals surface area contributed by atoms with Gasteiger partial charge in [0.15, 0.2) is 17.6 Å². The number of ether oxygens (including phenoxy) is 3. The first-order valence-corrected chi connectivity index (χ1v) is 8.47. The van der Waals surface area contributed by atoms with Crippen LogP contribution in [0.5, 0.6) is 11.5 Å². The van der Waals surface area contributed by atoms with Gasteiger partial charge >= 0.3 is 5.97 Å². The summed E-state index contributed by atoms with van der Waals surface area (Å²) < 4.78 is 17.1. The van der Waals surface area contributed by atoms with E-state index >= 15 is 0 Å². The minimum atomic E-state index is -0.966. The zero-order valence-corrected chi connectivity index (χ0v) is 15.0. The van der Waals surface area contributed by atoms with Gasteiger partial charge in [-0.25, -0.2) is 4.79 Å². The fourth-order valence-electron chi connectivity index (χ4n) is 2.25. The zero-order chi connectivity index (χ0) is 17.8. The molecule has 0 saturated carbocycles. The van der Waals surface area contributed by atoms with Gasteiger partial charge in [0, 0.05) is 10.2 Å². The van der Waals surface area contributed by atoms with Crippen molar-refractivity contribution in [1.29, 1.82) is 0 Å². The number of rotatable bonds is 4. The second kappa shape index (κ2) is 7.57. The fourth-order valence-corrected chi connectivity index (χ4v) is 2.65. The summed E-state index contributed by atoms with van der Waals surface area (Å²) in [6.45, 7) is 1.54. The molecule has 0 radical (unpaired) electrons. The zero-order valence-electron chi connectivity index (χ0n) is 13.4. The lowest BCUT2D eigenvalue weighted by Gasteiger charge is -2.25. The molecule has 1 aliphatic rings. The Kier molecular flexibility index (Phi) is 5.23. The number of anilines is 1. The summed E-state index contributed by atoms with van der Waals surface area (Å²) in [5.41, 5.74) is 0.605. The van der Waals surface area contributed by atoms with Crippen molar-refractivity contribution in [3.8, 4) is 11.5 Å². The standard InChI is InChI=1S/C18H16BrNO5/c1-11(17(21)20-13-6-4-5-12(19)9-13)24-18(22)16-10-23-14-7-2-3-8-15(14)25-16/h2-9,11,16H,10H2,1H3,(H,20,21)/t11-,16-/m1/s1. The summed E-state index contributed by atoms with van der Waals surface area (Å²) in [4.78, 5) is 24.4. The number of hydrogen-bond donors (Lipinski definition) is 1. The molecule has 2 aromatic rings. The van der Waals surface area contributed by atoms with Crippen LogP contribution in [0.4, 0.5) is 5.69 Å².